The predicted molar refractivity (Wildman–Crippen MR) is 118 cm³/mol. The van der Waals surface area contributed by atoms with E-state index in [0.29, 0.717) is 24.4 Å². The highest BCUT2D eigenvalue weighted by molar-refractivity contribution is 5.97. The number of anilines is 1. The molecule has 2 aromatic carbocycles. The maximum atomic E-state index is 12.7. The third kappa shape index (κ3) is 5.20. The lowest BCUT2D eigenvalue weighted by atomic mass is 10.1. The van der Waals surface area contributed by atoms with E-state index in [1.807, 2.05) is 24.3 Å². The Morgan fingerprint density at radius 1 is 0.935 bits per heavy atom. The van der Waals surface area contributed by atoms with E-state index in [0.717, 1.165) is 24.5 Å². The maximum absolute atomic E-state index is 12.7. The fraction of sp³-hybridized carbons (Fsp3) is 0.391. The van der Waals surface area contributed by atoms with Gasteiger partial charge in [-0.1, -0.05) is 6.07 Å². The summed E-state index contributed by atoms with van der Waals surface area (Å²) >= 11 is 0. The molecular formula is C23H29N3O5. The van der Waals surface area contributed by atoms with Crippen LogP contribution < -0.4 is 19.1 Å². The summed E-state index contributed by atoms with van der Waals surface area (Å²) in [5, 5.41) is 0. The zero-order valence-corrected chi connectivity index (χ0v) is 18.5. The Bertz CT molecular complexity index is 906. The average Bonchev–Trinajstić information content (AvgIpc) is 2.81. The van der Waals surface area contributed by atoms with Gasteiger partial charge >= 0.3 is 0 Å². The van der Waals surface area contributed by atoms with Gasteiger partial charge in [-0.25, -0.2) is 0 Å². The fourth-order valence-corrected chi connectivity index (χ4v) is 3.47. The Kier molecular flexibility index (Phi) is 7.23. The molecule has 31 heavy (non-hydrogen) atoms. The number of piperazine rings is 1. The van der Waals surface area contributed by atoms with E-state index in [2.05, 4.69) is 4.90 Å². The van der Waals surface area contributed by atoms with Crippen LogP contribution in [0.2, 0.25) is 0 Å². The van der Waals surface area contributed by atoms with Crippen LogP contribution in [0.4, 0.5) is 5.69 Å². The van der Waals surface area contributed by atoms with Crippen molar-refractivity contribution in [1.82, 2.24) is 9.80 Å². The van der Waals surface area contributed by atoms with Gasteiger partial charge in [0, 0.05) is 46.0 Å². The number of nitrogens with zero attached hydrogens (tertiary/aromatic N) is 3. The number of rotatable bonds is 7. The molecule has 0 radical (unpaired) electrons. The zero-order valence-electron chi connectivity index (χ0n) is 18.5. The van der Waals surface area contributed by atoms with Gasteiger partial charge in [-0.05, 0) is 36.4 Å². The first-order valence-corrected chi connectivity index (χ1v) is 10.1. The molecule has 0 atom stereocenters. The van der Waals surface area contributed by atoms with Gasteiger partial charge in [-0.3, -0.25) is 9.59 Å². The first-order chi connectivity index (χ1) is 14.9. The van der Waals surface area contributed by atoms with Crippen LogP contribution >= 0.6 is 0 Å². The number of ether oxygens (including phenoxy) is 3. The Hall–Kier alpha value is -3.42. The number of methoxy groups -OCH3 is 2. The van der Waals surface area contributed by atoms with E-state index in [1.54, 1.807) is 44.3 Å². The van der Waals surface area contributed by atoms with E-state index in [-0.39, 0.29) is 24.2 Å². The van der Waals surface area contributed by atoms with Crippen LogP contribution in [-0.4, -0.2) is 82.7 Å². The lowest BCUT2D eigenvalue weighted by Gasteiger charge is -2.36. The summed E-state index contributed by atoms with van der Waals surface area (Å²) in [7, 11) is 6.48. The number of carbonyl (C=O) groups excluding carboxylic acids is 2. The Morgan fingerprint density at radius 2 is 1.61 bits per heavy atom. The number of benzene rings is 2. The number of hydrogen-bond acceptors (Lipinski definition) is 6. The van der Waals surface area contributed by atoms with E-state index >= 15 is 0 Å². The number of carbonyl (C=O) groups is 2. The minimum atomic E-state index is -0.213. The highest BCUT2D eigenvalue weighted by Crippen LogP contribution is 2.32. The van der Waals surface area contributed by atoms with Crippen LogP contribution in [0.25, 0.3) is 0 Å². The maximum Gasteiger partial charge on any atom is 0.260 e. The molecule has 8 heteroatoms. The molecule has 2 aromatic rings. The smallest absolute Gasteiger partial charge is 0.260 e. The second-order valence-electron chi connectivity index (χ2n) is 7.39. The zero-order chi connectivity index (χ0) is 22.4. The third-order valence-corrected chi connectivity index (χ3v) is 5.25. The van der Waals surface area contributed by atoms with Crippen molar-refractivity contribution < 1.29 is 23.8 Å². The first-order valence-electron chi connectivity index (χ1n) is 10.1. The molecule has 0 saturated carbocycles. The van der Waals surface area contributed by atoms with E-state index < -0.39 is 0 Å². The van der Waals surface area contributed by atoms with Gasteiger partial charge < -0.3 is 28.9 Å². The monoisotopic (exact) mass is 427 g/mol. The van der Waals surface area contributed by atoms with Crippen LogP contribution in [0, 0.1) is 0 Å². The van der Waals surface area contributed by atoms with Crippen molar-refractivity contribution in [3.63, 3.8) is 0 Å². The third-order valence-electron chi connectivity index (χ3n) is 5.25. The molecule has 1 fully saturated rings. The summed E-state index contributed by atoms with van der Waals surface area (Å²) in [6.07, 6.45) is 0. The number of amides is 2. The van der Waals surface area contributed by atoms with Gasteiger partial charge in [0.25, 0.3) is 11.8 Å². The van der Waals surface area contributed by atoms with E-state index in [4.69, 9.17) is 14.2 Å². The minimum Gasteiger partial charge on any atom is -0.497 e. The topological polar surface area (TPSA) is 71.5 Å². The second kappa shape index (κ2) is 10.1. The van der Waals surface area contributed by atoms with Crippen LogP contribution in [0.1, 0.15) is 10.4 Å². The summed E-state index contributed by atoms with van der Waals surface area (Å²) < 4.78 is 16.3. The summed E-state index contributed by atoms with van der Waals surface area (Å²) in [6.45, 7) is 2.51. The van der Waals surface area contributed by atoms with Gasteiger partial charge in [-0.15, -0.1) is 0 Å². The normalized spacial score (nSPS) is 13.5. The molecule has 0 bridgehead atoms. The molecule has 0 spiro atoms. The van der Waals surface area contributed by atoms with E-state index in [1.165, 1.54) is 12.0 Å². The lowest BCUT2D eigenvalue weighted by molar-refractivity contribution is -0.133. The van der Waals surface area contributed by atoms with Crippen molar-refractivity contribution in [3.8, 4) is 17.2 Å². The Balaban J connectivity index is 1.60. The molecule has 0 unspecified atom stereocenters. The molecule has 0 aliphatic carbocycles. The molecule has 1 aliphatic heterocycles. The van der Waals surface area contributed by atoms with Gasteiger partial charge in [-0.2, -0.15) is 0 Å². The van der Waals surface area contributed by atoms with Gasteiger partial charge in [0.1, 0.15) is 5.75 Å². The van der Waals surface area contributed by atoms with Crippen LogP contribution in [0.15, 0.2) is 42.5 Å². The minimum absolute atomic E-state index is 0.122. The standard InChI is InChI=1S/C23H29N3O5/c1-24(2)23(28)19-6-5-7-20(30-4)22(19)31-16-21(27)26-14-12-25(13-15-26)17-8-10-18(29-3)11-9-17/h5-11H,12-16H2,1-4H3. The first kappa shape index (κ1) is 22.3. The summed E-state index contributed by atoms with van der Waals surface area (Å²) in [5.74, 6) is 1.19. The molecule has 8 nitrogen and oxygen atoms in total. The van der Waals surface area contributed by atoms with Crippen molar-refractivity contribution in [2.75, 3.05) is 66.0 Å². The highest BCUT2D eigenvalue weighted by atomic mass is 16.5. The van der Waals surface area contributed by atoms with Crippen molar-refractivity contribution in [2.45, 2.75) is 0 Å². The summed E-state index contributed by atoms with van der Waals surface area (Å²) in [5.41, 5.74) is 1.46. The van der Waals surface area contributed by atoms with Crippen LogP contribution in [0.5, 0.6) is 17.2 Å². The Morgan fingerprint density at radius 3 is 2.19 bits per heavy atom. The van der Waals surface area contributed by atoms with Crippen molar-refractivity contribution >= 4 is 17.5 Å². The molecule has 1 aliphatic rings. The SMILES string of the molecule is COc1ccc(N2CCN(C(=O)COc3c(OC)cccc3C(=O)N(C)C)CC2)cc1. The number of hydrogen-bond donors (Lipinski definition) is 0. The highest BCUT2D eigenvalue weighted by Gasteiger charge is 2.24. The molecular weight excluding hydrogens is 398 g/mol. The van der Waals surface area contributed by atoms with E-state index in [9.17, 15) is 9.59 Å². The summed E-state index contributed by atoms with van der Waals surface area (Å²) in [4.78, 5) is 30.7. The Labute approximate surface area is 182 Å². The summed E-state index contributed by atoms with van der Waals surface area (Å²) in [6, 6.07) is 13.0. The molecule has 2 amide bonds. The predicted octanol–water partition coefficient (Wildman–Crippen LogP) is 2.13. The van der Waals surface area contributed by atoms with Crippen molar-refractivity contribution in [1.29, 1.82) is 0 Å². The average molecular weight is 428 g/mol. The largest absolute Gasteiger partial charge is 0.497 e. The molecule has 3 rings (SSSR count). The molecule has 0 N–H and O–H groups in total. The molecule has 1 saturated heterocycles. The number of para-hydroxylation sites is 1. The van der Waals surface area contributed by atoms with Crippen molar-refractivity contribution in [2.24, 2.45) is 0 Å². The molecule has 0 aromatic heterocycles. The van der Waals surface area contributed by atoms with Gasteiger partial charge in [0.2, 0.25) is 0 Å². The quantitative estimate of drug-likeness (QED) is 0.674. The van der Waals surface area contributed by atoms with Crippen molar-refractivity contribution in [3.05, 3.63) is 48.0 Å². The van der Waals surface area contributed by atoms with Gasteiger partial charge in [0.15, 0.2) is 18.1 Å². The second-order valence-corrected chi connectivity index (χ2v) is 7.39. The lowest BCUT2D eigenvalue weighted by Crippen LogP contribution is -2.50. The molecule has 166 valence electrons. The van der Waals surface area contributed by atoms with Gasteiger partial charge in [0.05, 0.1) is 19.8 Å². The van der Waals surface area contributed by atoms with Crippen LogP contribution in [0.3, 0.4) is 0 Å². The fourth-order valence-electron chi connectivity index (χ4n) is 3.47. The van der Waals surface area contributed by atoms with Crippen LogP contribution in [-0.2, 0) is 4.79 Å². The molecule has 1 heterocycles.